The Morgan fingerprint density at radius 2 is 1.18 bits per heavy atom. The molecule has 0 saturated heterocycles. The number of halogens is 1. The van der Waals surface area contributed by atoms with Gasteiger partial charge in [-0.2, -0.15) is 0 Å². The zero-order valence-electron chi connectivity index (χ0n) is 13.6. The lowest BCUT2D eigenvalue weighted by atomic mass is 10.3. The largest absolute Gasteiger partial charge is 0.398 e. The summed E-state index contributed by atoms with van der Waals surface area (Å²) in [6.45, 7) is 0. The predicted octanol–water partition coefficient (Wildman–Crippen LogP) is 0.720. The molecular formula is C12H12ClN5O8S2. The number of non-ortho nitro benzene ring substituents is 2. The molecule has 2 rings (SSSR count). The minimum absolute atomic E-state index is 0.113. The number of nitro benzene ring substituents is 2. The standard InChI is InChI=1S/C6H5ClN2O4S.C6H7N3O4S/c2*7-5-2-1-4(9(10)11)3-6(5)14(8,12)13/h1-3H,(H2,8,12,13);1-3H,7H2,(H2,8,12,13). The summed E-state index contributed by atoms with van der Waals surface area (Å²) >= 11 is 5.50. The first-order valence-corrected chi connectivity index (χ1v) is 10.1. The number of rotatable bonds is 4. The highest BCUT2D eigenvalue weighted by Gasteiger charge is 2.18. The molecule has 0 spiro atoms. The lowest BCUT2D eigenvalue weighted by Crippen LogP contribution is -2.14. The average molecular weight is 454 g/mol. The van der Waals surface area contributed by atoms with Gasteiger partial charge in [-0.05, 0) is 12.1 Å². The van der Waals surface area contributed by atoms with Crippen LogP contribution in [0.1, 0.15) is 0 Å². The first-order valence-electron chi connectivity index (χ1n) is 6.68. The van der Waals surface area contributed by atoms with Gasteiger partial charge in [0.05, 0.1) is 20.6 Å². The number of anilines is 1. The molecule has 0 fully saturated rings. The third-order valence-electron chi connectivity index (χ3n) is 2.95. The van der Waals surface area contributed by atoms with Gasteiger partial charge < -0.3 is 5.73 Å². The lowest BCUT2D eigenvalue weighted by molar-refractivity contribution is -0.385. The van der Waals surface area contributed by atoms with Crippen molar-refractivity contribution in [1.29, 1.82) is 0 Å². The molecule has 0 heterocycles. The monoisotopic (exact) mass is 453 g/mol. The van der Waals surface area contributed by atoms with E-state index >= 15 is 0 Å². The van der Waals surface area contributed by atoms with E-state index in [1.54, 1.807) is 0 Å². The van der Waals surface area contributed by atoms with E-state index in [1.807, 2.05) is 0 Å². The Kier molecular flexibility index (Phi) is 6.99. The number of nitrogen functional groups attached to an aromatic ring is 1. The predicted molar refractivity (Wildman–Crippen MR) is 98.4 cm³/mol. The smallest absolute Gasteiger partial charge is 0.270 e. The number of nitrogens with two attached hydrogens (primary N) is 3. The van der Waals surface area contributed by atoms with Crippen LogP contribution in [0.4, 0.5) is 17.1 Å². The van der Waals surface area contributed by atoms with Crippen LogP contribution in [0.3, 0.4) is 0 Å². The van der Waals surface area contributed by atoms with Gasteiger partial charge in [0, 0.05) is 24.3 Å². The van der Waals surface area contributed by atoms with E-state index in [4.69, 9.17) is 27.6 Å². The Morgan fingerprint density at radius 1 is 0.786 bits per heavy atom. The van der Waals surface area contributed by atoms with Crippen molar-refractivity contribution in [3.05, 3.63) is 61.6 Å². The van der Waals surface area contributed by atoms with E-state index in [1.165, 1.54) is 0 Å². The SMILES string of the molecule is NS(=O)(=O)c1cc([N+](=O)[O-])ccc1Cl.Nc1ccc([N+](=O)[O-])cc1S(N)(=O)=O. The molecule has 0 aliphatic carbocycles. The molecule has 28 heavy (non-hydrogen) atoms. The normalized spacial score (nSPS) is 11.2. The van der Waals surface area contributed by atoms with Gasteiger partial charge in [-0.3, -0.25) is 20.2 Å². The maximum atomic E-state index is 10.9. The molecule has 0 atom stereocenters. The van der Waals surface area contributed by atoms with E-state index < -0.39 is 39.7 Å². The molecule has 2 aromatic carbocycles. The molecule has 0 aliphatic rings. The maximum Gasteiger partial charge on any atom is 0.270 e. The molecule has 0 unspecified atom stereocenters. The fourth-order valence-electron chi connectivity index (χ4n) is 1.71. The van der Waals surface area contributed by atoms with Crippen LogP contribution >= 0.6 is 11.6 Å². The van der Waals surface area contributed by atoms with Gasteiger partial charge in [0.25, 0.3) is 11.4 Å². The fraction of sp³-hybridized carbons (Fsp3) is 0. The van der Waals surface area contributed by atoms with Crippen LogP contribution in [0.5, 0.6) is 0 Å². The number of hydrogen-bond donors (Lipinski definition) is 3. The number of nitro groups is 2. The van der Waals surface area contributed by atoms with Crippen LogP contribution in [0, 0.1) is 20.2 Å². The van der Waals surface area contributed by atoms with E-state index in [2.05, 4.69) is 0 Å². The molecule has 2 aromatic rings. The van der Waals surface area contributed by atoms with Gasteiger partial charge in [-0.15, -0.1) is 0 Å². The molecule has 0 radical (unpaired) electrons. The highest BCUT2D eigenvalue weighted by atomic mass is 35.5. The molecule has 13 nitrogen and oxygen atoms in total. The number of benzene rings is 2. The number of sulfonamides is 2. The first kappa shape index (κ1) is 23.2. The second kappa shape index (κ2) is 8.44. The second-order valence-electron chi connectivity index (χ2n) is 4.94. The van der Waals surface area contributed by atoms with Crippen LogP contribution in [-0.4, -0.2) is 26.7 Å². The lowest BCUT2D eigenvalue weighted by Gasteiger charge is -2.01. The number of primary sulfonamides is 2. The summed E-state index contributed by atoms with van der Waals surface area (Å²) in [5.74, 6) is 0. The van der Waals surface area contributed by atoms with Crippen molar-refractivity contribution in [2.75, 3.05) is 5.73 Å². The van der Waals surface area contributed by atoms with Gasteiger partial charge in [-0.1, -0.05) is 11.6 Å². The summed E-state index contributed by atoms with van der Waals surface area (Å²) in [5, 5.41) is 30.1. The minimum Gasteiger partial charge on any atom is -0.398 e. The third kappa shape index (κ3) is 6.10. The van der Waals surface area contributed by atoms with Crippen LogP contribution in [0.15, 0.2) is 46.2 Å². The molecule has 0 bridgehead atoms. The Bertz CT molecular complexity index is 1060. The second-order valence-corrected chi connectivity index (χ2v) is 8.41. The minimum atomic E-state index is -4.03. The highest BCUT2D eigenvalue weighted by Crippen LogP contribution is 2.25. The summed E-state index contributed by atoms with van der Waals surface area (Å²) < 4.78 is 43.6. The van der Waals surface area contributed by atoms with Gasteiger partial charge in [0.2, 0.25) is 20.0 Å². The Balaban J connectivity index is 0.000000280. The van der Waals surface area contributed by atoms with Crippen LogP contribution < -0.4 is 16.0 Å². The zero-order chi connectivity index (χ0) is 21.9. The van der Waals surface area contributed by atoms with E-state index in [0.717, 1.165) is 36.4 Å². The summed E-state index contributed by atoms with van der Waals surface area (Å²) in [6, 6.07) is 6.07. The Morgan fingerprint density at radius 3 is 1.57 bits per heavy atom. The van der Waals surface area contributed by atoms with Gasteiger partial charge in [0.1, 0.15) is 9.79 Å². The van der Waals surface area contributed by atoms with E-state index in [-0.39, 0.29) is 22.1 Å². The summed E-state index contributed by atoms with van der Waals surface area (Å²) in [7, 11) is -8.04. The van der Waals surface area contributed by atoms with E-state index in [0.29, 0.717) is 0 Å². The van der Waals surface area contributed by atoms with E-state index in [9.17, 15) is 37.1 Å². The molecule has 6 N–H and O–H groups in total. The van der Waals surface area contributed by atoms with Crippen molar-refractivity contribution in [2.45, 2.75) is 9.79 Å². The van der Waals surface area contributed by atoms with Gasteiger partial charge >= 0.3 is 0 Å². The Hall–Kier alpha value is -2.85. The molecule has 0 saturated carbocycles. The van der Waals surface area contributed by atoms with Crippen molar-refractivity contribution < 1.29 is 26.7 Å². The van der Waals surface area contributed by atoms with Crippen LogP contribution in [0.2, 0.25) is 5.02 Å². The number of hydrogen-bond acceptors (Lipinski definition) is 9. The molecule has 152 valence electrons. The fourth-order valence-corrected chi connectivity index (χ4v) is 3.45. The summed E-state index contributed by atoms with van der Waals surface area (Å²) in [5.41, 5.74) is 4.43. The summed E-state index contributed by atoms with van der Waals surface area (Å²) in [4.78, 5) is 18.3. The topological polar surface area (TPSA) is 233 Å². The maximum absolute atomic E-state index is 10.9. The van der Waals surface area contributed by atoms with Crippen molar-refractivity contribution in [3.63, 3.8) is 0 Å². The van der Waals surface area contributed by atoms with Crippen molar-refractivity contribution >= 4 is 48.7 Å². The molecule has 0 amide bonds. The van der Waals surface area contributed by atoms with Gasteiger partial charge in [-0.25, -0.2) is 27.1 Å². The third-order valence-corrected chi connectivity index (χ3v) is 5.31. The van der Waals surface area contributed by atoms with Gasteiger partial charge in [0.15, 0.2) is 0 Å². The van der Waals surface area contributed by atoms with Crippen LogP contribution in [0.25, 0.3) is 0 Å². The Labute approximate surface area is 163 Å². The number of nitrogens with zero attached hydrogens (tertiary/aromatic N) is 2. The highest BCUT2D eigenvalue weighted by molar-refractivity contribution is 7.89. The van der Waals surface area contributed by atoms with Crippen molar-refractivity contribution in [3.8, 4) is 0 Å². The first-order chi connectivity index (χ1) is 12.6. The average Bonchev–Trinajstić information content (AvgIpc) is 2.53. The molecule has 16 heteroatoms. The van der Waals surface area contributed by atoms with Crippen molar-refractivity contribution in [2.24, 2.45) is 10.3 Å². The molecule has 0 aliphatic heterocycles. The summed E-state index contributed by atoms with van der Waals surface area (Å²) in [6.07, 6.45) is 0. The quantitative estimate of drug-likeness (QED) is 0.335. The van der Waals surface area contributed by atoms with Crippen LogP contribution in [-0.2, 0) is 20.0 Å². The molecule has 0 aromatic heterocycles. The van der Waals surface area contributed by atoms with Crippen molar-refractivity contribution in [1.82, 2.24) is 0 Å². The zero-order valence-corrected chi connectivity index (χ0v) is 15.9. The molecular weight excluding hydrogens is 442 g/mol.